The van der Waals surface area contributed by atoms with Gasteiger partial charge >= 0.3 is 12.1 Å². The first kappa shape index (κ1) is 25.7. The summed E-state index contributed by atoms with van der Waals surface area (Å²) < 4.78 is 64.5. The van der Waals surface area contributed by atoms with Crippen LogP contribution in [0, 0.1) is 12.8 Å². The zero-order valence-electron chi connectivity index (χ0n) is 19.0. The first-order chi connectivity index (χ1) is 15.7. The van der Waals surface area contributed by atoms with Gasteiger partial charge in [0.2, 0.25) is 0 Å². The van der Waals surface area contributed by atoms with E-state index in [1.54, 1.807) is 11.8 Å². The smallest absolute Gasteiger partial charge is 0.416 e. The predicted octanol–water partition coefficient (Wildman–Crippen LogP) is 4.82. The fourth-order valence-electron chi connectivity index (χ4n) is 4.36. The Morgan fingerprint density at radius 1 is 1.03 bits per heavy atom. The van der Waals surface area contributed by atoms with Gasteiger partial charge in [0.25, 0.3) is 5.91 Å². The minimum atomic E-state index is -4.65. The maximum Gasteiger partial charge on any atom is 0.416 e. The predicted molar refractivity (Wildman–Crippen MR) is 119 cm³/mol. The van der Waals surface area contributed by atoms with E-state index in [4.69, 9.17) is 5.11 Å². The Hall–Kier alpha value is -2.88. The third-order valence-corrected chi connectivity index (χ3v) is 9.23. The molecule has 1 amide bonds. The molecule has 1 fully saturated rings. The van der Waals surface area contributed by atoms with Gasteiger partial charge in [0, 0.05) is 18.7 Å². The summed E-state index contributed by atoms with van der Waals surface area (Å²) in [6.45, 7) is 5.20. The molecule has 0 saturated carbocycles. The van der Waals surface area contributed by atoms with Crippen LogP contribution in [0.3, 0.4) is 0 Å². The van der Waals surface area contributed by atoms with Gasteiger partial charge < -0.3 is 10.0 Å². The van der Waals surface area contributed by atoms with Crippen LogP contribution in [-0.2, 0) is 16.0 Å². The molecule has 10 heteroatoms. The molecule has 0 unspecified atom stereocenters. The Balaban J connectivity index is 1.75. The highest BCUT2D eigenvalue weighted by molar-refractivity contribution is 7.92. The second kappa shape index (κ2) is 9.05. The largest absolute Gasteiger partial charge is 0.478 e. The summed E-state index contributed by atoms with van der Waals surface area (Å²) in [7, 11) is -4.09. The molecule has 1 aliphatic heterocycles. The van der Waals surface area contributed by atoms with E-state index in [0.29, 0.717) is 30.0 Å². The van der Waals surface area contributed by atoms with Gasteiger partial charge in [-0.3, -0.25) is 4.79 Å². The lowest BCUT2D eigenvalue weighted by molar-refractivity contribution is -0.137. The number of piperidine rings is 1. The molecule has 6 nitrogen and oxygen atoms in total. The molecule has 1 aliphatic rings. The molecule has 1 N–H and O–H groups in total. The fraction of sp³-hybridized carbons (Fsp3) is 0.417. The molecule has 34 heavy (non-hydrogen) atoms. The molecule has 184 valence electrons. The van der Waals surface area contributed by atoms with Crippen molar-refractivity contribution in [1.29, 1.82) is 0 Å². The molecular weight excluding hydrogens is 471 g/mol. The third kappa shape index (κ3) is 4.82. The van der Waals surface area contributed by atoms with Crippen molar-refractivity contribution >= 4 is 21.7 Å². The normalized spacial score (nSPS) is 15.9. The second-order valence-corrected chi connectivity index (χ2v) is 11.6. The van der Waals surface area contributed by atoms with Gasteiger partial charge in [0.05, 0.1) is 20.8 Å². The number of carbonyl (C=O) groups excluding carboxylic acids is 1. The first-order valence-corrected chi connectivity index (χ1v) is 12.2. The van der Waals surface area contributed by atoms with Crippen LogP contribution in [0.4, 0.5) is 13.2 Å². The molecule has 1 saturated heterocycles. The number of sulfone groups is 1. The van der Waals surface area contributed by atoms with E-state index in [1.807, 2.05) is 0 Å². The number of aryl methyl sites for hydroxylation is 1. The lowest BCUT2D eigenvalue weighted by Gasteiger charge is -2.40. The SMILES string of the molecule is Cc1cc(C(=O)N2CCC(C(C)(C)S(=O)(=O)c3cccc(C(F)(F)F)c3)CC2)ccc1C(=O)O. The lowest BCUT2D eigenvalue weighted by Crippen LogP contribution is -2.47. The van der Waals surface area contributed by atoms with Gasteiger partial charge in [-0.05, 0) is 81.5 Å². The van der Waals surface area contributed by atoms with E-state index in [9.17, 15) is 31.2 Å². The van der Waals surface area contributed by atoms with Crippen molar-refractivity contribution in [2.24, 2.45) is 5.92 Å². The Labute approximate surface area is 196 Å². The minimum Gasteiger partial charge on any atom is -0.478 e. The molecule has 0 atom stereocenters. The van der Waals surface area contributed by atoms with Gasteiger partial charge in [-0.25, -0.2) is 13.2 Å². The first-order valence-electron chi connectivity index (χ1n) is 10.7. The summed E-state index contributed by atoms with van der Waals surface area (Å²) in [6, 6.07) is 8.10. The summed E-state index contributed by atoms with van der Waals surface area (Å²) in [5, 5.41) is 9.15. The molecule has 0 spiro atoms. The molecule has 1 heterocycles. The Kier molecular flexibility index (Phi) is 6.85. The van der Waals surface area contributed by atoms with E-state index >= 15 is 0 Å². The number of halogens is 3. The Bertz CT molecular complexity index is 1210. The average Bonchev–Trinajstić information content (AvgIpc) is 2.77. The van der Waals surface area contributed by atoms with Gasteiger partial charge in [-0.2, -0.15) is 13.2 Å². The number of hydrogen-bond acceptors (Lipinski definition) is 4. The summed E-state index contributed by atoms with van der Waals surface area (Å²) in [6.07, 6.45) is -3.92. The number of alkyl halides is 3. The summed E-state index contributed by atoms with van der Waals surface area (Å²) in [5.41, 5.74) is -0.107. The molecule has 2 aromatic carbocycles. The number of carboxylic acids is 1. The summed E-state index contributed by atoms with van der Waals surface area (Å²) >= 11 is 0. The highest BCUT2D eigenvalue weighted by Gasteiger charge is 2.45. The van der Waals surface area contributed by atoms with E-state index in [2.05, 4.69) is 0 Å². The van der Waals surface area contributed by atoms with Crippen LogP contribution in [0.2, 0.25) is 0 Å². The maximum atomic E-state index is 13.3. The van der Waals surface area contributed by atoms with E-state index in [1.165, 1.54) is 38.1 Å². The Morgan fingerprint density at radius 2 is 1.65 bits per heavy atom. The lowest BCUT2D eigenvalue weighted by atomic mass is 9.85. The van der Waals surface area contributed by atoms with Crippen LogP contribution in [0.1, 0.15) is 58.5 Å². The van der Waals surface area contributed by atoms with Gasteiger partial charge in [0.1, 0.15) is 0 Å². The number of carbonyl (C=O) groups is 2. The third-order valence-electron chi connectivity index (χ3n) is 6.63. The molecule has 0 radical (unpaired) electrons. The van der Waals surface area contributed by atoms with Gasteiger partial charge in [-0.1, -0.05) is 6.07 Å². The van der Waals surface area contributed by atoms with Gasteiger partial charge in [-0.15, -0.1) is 0 Å². The van der Waals surface area contributed by atoms with Crippen LogP contribution < -0.4 is 0 Å². The zero-order chi connectivity index (χ0) is 25.5. The van der Waals surface area contributed by atoms with Crippen molar-refractivity contribution in [3.8, 4) is 0 Å². The van der Waals surface area contributed by atoms with Crippen molar-refractivity contribution in [3.63, 3.8) is 0 Å². The number of amides is 1. The number of hydrogen-bond donors (Lipinski definition) is 1. The van der Waals surface area contributed by atoms with Gasteiger partial charge in [0.15, 0.2) is 9.84 Å². The summed E-state index contributed by atoms with van der Waals surface area (Å²) in [5.74, 6) is -1.73. The van der Waals surface area contributed by atoms with Crippen LogP contribution in [-0.4, -0.2) is 48.1 Å². The van der Waals surface area contributed by atoms with Crippen molar-refractivity contribution in [2.45, 2.75) is 49.4 Å². The monoisotopic (exact) mass is 497 g/mol. The number of rotatable bonds is 5. The van der Waals surface area contributed by atoms with Crippen molar-refractivity contribution in [3.05, 3.63) is 64.7 Å². The molecule has 0 aromatic heterocycles. The van der Waals surface area contributed by atoms with Crippen molar-refractivity contribution < 1.29 is 36.3 Å². The second-order valence-electron chi connectivity index (χ2n) is 9.03. The zero-order valence-corrected chi connectivity index (χ0v) is 19.8. The minimum absolute atomic E-state index is 0.108. The number of carboxylic acid groups (broad SMARTS) is 1. The van der Waals surface area contributed by atoms with Crippen molar-refractivity contribution in [1.82, 2.24) is 4.90 Å². The average molecular weight is 498 g/mol. The van der Waals surface area contributed by atoms with E-state index < -0.39 is 32.3 Å². The van der Waals surface area contributed by atoms with E-state index in [-0.39, 0.29) is 35.4 Å². The van der Waals surface area contributed by atoms with E-state index in [0.717, 1.165) is 12.1 Å². The number of aromatic carboxylic acids is 1. The number of nitrogens with zero attached hydrogens (tertiary/aromatic N) is 1. The highest BCUT2D eigenvalue weighted by Crippen LogP contribution is 2.39. The summed E-state index contributed by atoms with van der Waals surface area (Å²) in [4.78, 5) is 25.3. The molecule has 3 rings (SSSR count). The topological polar surface area (TPSA) is 91.8 Å². The molecule has 0 aliphatic carbocycles. The number of benzene rings is 2. The van der Waals surface area contributed by atoms with Crippen molar-refractivity contribution in [2.75, 3.05) is 13.1 Å². The fourth-order valence-corrected chi connectivity index (χ4v) is 6.18. The highest BCUT2D eigenvalue weighted by atomic mass is 32.2. The van der Waals surface area contributed by atoms with Crippen LogP contribution in [0.25, 0.3) is 0 Å². The number of likely N-dealkylation sites (tertiary alicyclic amines) is 1. The van der Waals surface area contributed by atoms with Crippen LogP contribution in [0.15, 0.2) is 47.4 Å². The quantitative estimate of drug-likeness (QED) is 0.640. The maximum absolute atomic E-state index is 13.3. The molecule has 0 bridgehead atoms. The Morgan fingerprint density at radius 3 is 2.18 bits per heavy atom. The van der Waals surface area contributed by atoms with Crippen LogP contribution >= 0.6 is 0 Å². The molecule has 2 aromatic rings. The van der Waals surface area contributed by atoms with Crippen LogP contribution in [0.5, 0.6) is 0 Å². The molecular formula is C24H26F3NO5S. The standard InChI is InChI=1S/C24H26F3NO5S/c1-15-13-16(7-8-20(15)22(30)31)21(29)28-11-9-17(10-12-28)23(2,3)34(32,33)19-6-4-5-18(14-19)24(25,26)27/h4-8,13-14,17H,9-12H2,1-3H3,(H,30,31).